The Kier molecular flexibility index (Phi) is 5.98. The number of carbonyl (C=O) groups is 2. The van der Waals surface area contributed by atoms with Crippen LogP contribution in [0.5, 0.6) is 5.75 Å². The molecule has 2 rings (SSSR count). The lowest BCUT2D eigenvalue weighted by Gasteiger charge is -2.17. The Hall–Kier alpha value is -2.55. The van der Waals surface area contributed by atoms with Crippen LogP contribution in [0.1, 0.15) is 38.2 Å². The second-order valence-corrected chi connectivity index (χ2v) is 5.55. The van der Waals surface area contributed by atoms with Gasteiger partial charge in [0.15, 0.2) is 12.7 Å². The second kappa shape index (κ2) is 8.18. The second-order valence-electron chi connectivity index (χ2n) is 5.55. The minimum atomic E-state index is -0.840. The first-order valence-corrected chi connectivity index (χ1v) is 7.71. The summed E-state index contributed by atoms with van der Waals surface area (Å²) in [5, 5.41) is 11.6. The third-order valence-corrected chi connectivity index (χ3v) is 3.72. The van der Waals surface area contributed by atoms with E-state index in [4.69, 9.17) is 14.7 Å². The summed E-state index contributed by atoms with van der Waals surface area (Å²) in [6.07, 6.45) is 3.37. The van der Waals surface area contributed by atoms with Crippen molar-refractivity contribution in [1.82, 2.24) is 5.32 Å². The lowest BCUT2D eigenvalue weighted by atomic mass is 10.2. The monoisotopic (exact) mass is 316 g/mol. The molecule has 0 aliphatic heterocycles. The molecule has 0 bridgehead atoms. The van der Waals surface area contributed by atoms with Crippen LogP contribution in [0.2, 0.25) is 0 Å². The van der Waals surface area contributed by atoms with Crippen LogP contribution in [0, 0.1) is 11.3 Å². The first kappa shape index (κ1) is 16.8. The van der Waals surface area contributed by atoms with Crippen LogP contribution < -0.4 is 10.1 Å². The minimum absolute atomic E-state index is 0.193. The van der Waals surface area contributed by atoms with Gasteiger partial charge in [-0.25, -0.2) is 4.79 Å². The summed E-state index contributed by atoms with van der Waals surface area (Å²) in [6.45, 7) is 1.26. The predicted octanol–water partition coefficient (Wildman–Crippen LogP) is 1.93. The maximum absolute atomic E-state index is 11.9. The first-order valence-electron chi connectivity index (χ1n) is 7.71. The van der Waals surface area contributed by atoms with Gasteiger partial charge in [-0.2, -0.15) is 5.26 Å². The van der Waals surface area contributed by atoms with Crippen molar-refractivity contribution in [2.24, 2.45) is 0 Å². The third kappa shape index (κ3) is 5.29. The molecule has 1 aromatic rings. The highest BCUT2D eigenvalue weighted by Crippen LogP contribution is 2.17. The molecule has 6 heteroatoms. The van der Waals surface area contributed by atoms with Crippen molar-refractivity contribution < 1.29 is 19.1 Å². The number of nitriles is 1. The average molecular weight is 316 g/mol. The molecule has 1 aromatic carbocycles. The molecular formula is C17H20N2O4. The van der Waals surface area contributed by atoms with Crippen LogP contribution in [0.3, 0.4) is 0 Å². The van der Waals surface area contributed by atoms with Gasteiger partial charge in [0.05, 0.1) is 11.6 Å². The van der Waals surface area contributed by atoms with Crippen molar-refractivity contribution in [3.63, 3.8) is 0 Å². The molecule has 23 heavy (non-hydrogen) atoms. The molecule has 0 radical (unpaired) electrons. The largest absolute Gasteiger partial charge is 0.482 e. The van der Waals surface area contributed by atoms with Crippen LogP contribution in [-0.4, -0.2) is 30.6 Å². The fourth-order valence-corrected chi connectivity index (χ4v) is 2.44. The normalized spacial score (nSPS) is 15.5. The van der Waals surface area contributed by atoms with E-state index in [2.05, 4.69) is 5.32 Å². The van der Waals surface area contributed by atoms with Gasteiger partial charge in [0.25, 0.3) is 5.91 Å². The Morgan fingerprint density at radius 2 is 1.96 bits per heavy atom. The molecule has 1 aliphatic rings. The summed E-state index contributed by atoms with van der Waals surface area (Å²) in [4.78, 5) is 23.6. The van der Waals surface area contributed by atoms with Gasteiger partial charge in [-0.05, 0) is 44.0 Å². The summed E-state index contributed by atoms with van der Waals surface area (Å²) in [5.41, 5.74) is 0.511. The Bertz CT molecular complexity index is 586. The quantitative estimate of drug-likeness (QED) is 0.810. The van der Waals surface area contributed by atoms with Gasteiger partial charge in [-0.3, -0.25) is 4.79 Å². The molecule has 0 spiro atoms. The fourth-order valence-electron chi connectivity index (χ4n) is 2.44. The molecule has 1 aliphatic carbocycles. The molecule has 122 valence electrons. The summed E-state index contributed by atoms with van der Waals surface area (Å²) in [5.74, 6) is -0.420. The van der Waals surface area contributed by atoms with E-state index in [1.807, 2.05) is 6.07 Å². The van der Waals surface area contributed by atoms with Crippen LogP contribution in [0.25, 0.3) is 0 Å². The van der Waals surface area contributed by atoms with Crippen molar-refractivity contribution in [2.45, 2.75) is 44.8 Å². The minimum Gasteiger partial charge on any atom is -0.482 e. The fraction of sp³-hybridized carbons (Fsp3) is 0.471. The number of esters is 1. The average Bonchev–Trinajstić information content (AvgIpc) is 3.06. The first-order chi connectivity index (χ1) is 11.1. The number of amides is 1. The molecule has 6 nitrogen and oxygen atoms in total. The van der Waals surface area contributed by atoms with E-state index in [-0.39, 0.29) is 18.6 Å². The number of nitrogens with one attached hydrogen (secondary N) is 1. The van der Waals surface area contributed by atoms with E-state index in [0.717, 1.165) is 25.7 Å². The lowest BCUT2D eigenvalue weighted by molar-refractivity contribution is -0.156. The summed E-state index contributed by atoms with van der Waals surface area (Å²) in [6, 6.07) is 8.58. The third-order valence-electron chi connectivity index (χ3n) is 3.72. The van der Waals surface area contributed by atoms with E-state index in [9.17, 15) is 9.59 Å². The van der Waals surface area contributed by atoms with E-state index in [0.29, 0.717) is 11.3 Å². The van der Waals surface area contributed by atoms with Crippen molar-refractivity contribution in [1.29, 1.82) is 5.26 Å². The van der Waals surface area contributed by atoms with Gasteiger partial charge < -0.3 is 14.8 Å². The smallest absolute Gasteiger partial charge is 0.344 e. The SMILES string of the molecule is C[C@H](OC(=O)COc1ccc(C#N)cc1)C(=O)NC1CCCC1. The van der Waals surface area contributed by atoms with E-state index in [1.165, 1.54) is 0 Å². The zero-order valence-electron chi connectivity index (χ0n) is 13.1. The van der Waals surface area contributed by atoms with Gasteiger partial charge >= 0.3 is 5.97 Å². The number of nitrogens with zero attached hydrogens (tertiary/aromatic N) is 1. The molecule has 1 amide bonds. The van der Waals surface area contributed by atoms with Crippen LogP contribution in [0.15, 0.2) is 24.3 Å². The van der Waals surface area contributed by atoms with Crippen LogP contribution >= 0.6 is 0 Å². The zero-order chi connectivity index (χ0) is 16.7. The maximum Gasteiger partial charge on any atom is 0.344 e. The number of hydrogen-bond acceptors (Lipinski definition) is 5. The standard InChI is InChI=1S/C17H20N2O4/c1-12(17(21)19-14-4-2-3-5-14)23-16(20)11-22-15-8-6-13(10-18)7-9-15/h6-9,12,14H,2-5,11H2,1H3,(H,19,21)/t12-/m0/s1. The van der Waals surface area contributed by atoms with Gasteiger partial charge in [-0.15, -0.1) is 0 Å². The Morgan fingerprint density at radius 3 is 2.57 bits per heavy atom. The van der Waals surface area contributed by atoms with Crippen LogP contribution in [-0.2, 0) is 14.3 Å². The molecule has 0 aromatic heterocycles. The summed E-state index contributed by atoms with van der Waals surface area (Å²) < 4.78 is 10.3. The molecule has 1 N–H and O–H groups in total. The number of rotatable bonds is 6. The molecule has 1 fully saturated rings. The summed E-state index contributed by atoms with van der Waals surface area (Å²) >= 11 is 0. The van der Waals surface area contributed by atoms with Crippen molar-refractivity contribution in [3.8, 4) is 11.8 Å². The molecular weight excluding hydrogens is 296 g/mol. The predicted molar refractivity (Wildman–Crippen MR) is 82.6 cm³/mol. The van der Waals surface area contributed by atoms with E-state index >= 15 is 0 Å². The Labute approximate surface area is 135 Å². The Morgan fingerprint density at radius 1 is 1.30 bits per heavy atom. The molecule has 1 atom stereocenters. The van der Waals surface area contributed by atoms with E-state index < -0.39 is 12.1 Å². The molecule has 0 saturated heterocycles. The van der Waals surface area contributed by atoms with Crippen molar-refractivity contribution in [2.75, 3.05) is 6.61 Å². The topological polar surface area (TPSA) is 88.4 Å². The van der Waals surface area contributed by atoms with Gasteiger partial charge in [-0.1, -0.05) is 12.8 Å². The van der Waals surface area contributed by atoms with Crippen LogP contribution in [0.4, 0.5) is 0 Å². The molecule has 0 unspecified atom stereocenters. The molecule has 0 heterocycles. The molecule has 1 saturated carbocycles. The highest BCUT2D eigenvalue weighted by molar-refractivity contribution is 5.83. The van der Waals surface area contributed by atoms with Gasteiger partial charge in [0.1, 0.15) is 5.75 Å². The number of benzene rings is 1. The van der Waals surface area contributed by atoms with Gasteiger partial charge in [0.2, 0.25) is 0 Å². The number of carbonyl (C=O) groups excluding carboxylic acids is 2. The van der Waals surface area contributed by atoms with Gasteiger partial charge in [0, 0.05) is 6.04 Å². The van der Waals surface area contributed by atoms with Crippen molar-refractivity contribution >= 4 is 11.9 Å². The highest BCUT2D eigenvalue weighted by atomic mass is 16.6. The zero-order valence-corrected chi connectivity index (χ0v) is 13.1. The summed E-state index contributed by atoms with van der Waals surface area (Å²) in [7, 11) is 0. The van der Waals surface area contributed by atoms with E-state index in [1.54, 1.807) is 31.2 Å². The number of hydrogen-bond donors (Lipinski definition) is 1. The van der Waals surface area contributed by atoms with Crippen molar-refractivity contribution in [3.05, 3.63) is 29.8 Å². The Balaban J connectivity index is 1.72. The highest BCUT2D eigenvalue weighted by Gasteiger charge is 2.23. The maximum atomic E-state index is 11.9. The lowest BCUT2D eigenvalue weighted by Crippen LogP contribution is -2.41. The number of ether oxygens (including phenoxy) is 2.